The average Bonchev–Trinajstić information content (AvgIpc) is 2.83. The second-order valence-electron chi connectivity index (χ2n) is 7.13. The highest BCUT2D eigenvalue weighted by atomic mass is 14.7. The minimum Gasteiger partial charge on any atom is -0.404 e. The predicted octanol–water partition coefficient (Wildman–Crippen LogP) is 5.58. The van der Waals surface area contributed by atoms with Crippen molar-refractivity contribution in [1.82, 2.24) is 0 Å². The Kier molecular flexibility index (Phi) is 4.31. The van der Waals surface area contributed by atoms with Crippen LogP contribution in [-0.4, -0.2) is 6.21 Å². The predicted molar refractivity (Wildman–Crippen MR) is 104 cm³/mol. The van der Waals surface area contributed by atoms with Gasteiger partial charge in [-0.25, -0.2) is 0 Å². The molecular weight excluding hydrogens is 292 g/mol. The molecule has 2 N–H and O–H groups in total. The van der Waals surface area contributed by atoms with Crippen molar-refractivity contribution in [1.29, 1.82) is 0 Å². The lowest BCUT2D eigenvalue weighted by molar-refractivity contribution is 0.660. The fourth-order valence-corrected chi connectivity index (χ4v) is 3.51. The first kappa shape index (κ1) is 16.5. The molecule has 24 heavy (non-hydrogen) atoms. The highest BCUT2D eigenvalue weighted by molar-refractivity contribution is 5.85. The smallest absolute Gasteiger partial charge is 0.0636 e. The SMILES string of the molecule is CCC(C)C(C=Nc1ccc2c(c1)-c1ccccc1C2(C)C)=CN. The number of nitrogens with zero attached hydrogens (tertiary/aromatic N) is 1. The number of hydrogen-bond donors (Lipinski definition) is 1. The van der Waals surface area contributed by atoms with Gasteiger partial charge in [0, 0.05) is 11.6 Å². The molecule has 0 bridgehead atoms. The van der Waals surface area contributed by atoms with Crippen molar-refractivity contribution in [2.24, 2.45) is 16.6 Å². The van der Waals surface area contributed by atoms with E-state index in [0.29, 0.717) is 5.92 Å². The molecule has 0 saturated carbocycles. The minimum absolute atomic E-state index is 0.0488. The van der Waals surface area contributed by atoms with Crippen molar-refractivity contribution in [2.75, 3.05) is 0 Å². The van der Waals surface area contributed by atoms with Gasteiger partial charge in [0.25, 0.3) is 0 Å². The lowest BCUT2D eigenvalue weighted by atomic mass is 9.82. The van der Waals surface area contributed by atoms with Crippen LogP contribution >= 0.6 is 0 Å². The molecule has 1 aliphatic carbocycles. The van der Waals surface area contributed by atoms with Gasteiger partial charge >= 0.3 is 0 Å². The number of allylic oxidation sites excluding steroid dienone is 1. The van der Waals surface area contributed by atoms with Gasteiger partial charge in [-0.05, 0) is 58.5 Å². The molecule has 124 valence electrons. The van der Waals surface area contributed by atoms with Gasteiger partial charge in [0.15, 0.2) is 0 Å². The van der Waals surface area contributed by atoms with E-state index in [-0.39, 0.29) is 5.41 Å². The van der Waals surface area contributed by atoms with E-state index in [1.807, 2.05) is 6.21 Å². The zero-order valence-corrected chi connectivity index (χ0v) is 15.0. The van der Waals surface area contributed by atoms with E-state index in [0.717, 1.165) is 17.7 Å². The molecule has 2 nitrogen and oxygen atoms in total. The van der Waals surface area contributed by atoms with E-state index >= 15 is 0 Å². The van der Waals surface area contributed by atoms with Crippen LogP contribution in [0, 0.1) is 5.92 Å². The summed E-state index contributed by atoms with van der Waals surface area (Å²) >= 11 is 0. The molecule has 2 aromatic carbocycles. The molecule has 1 aliphatic rings. The third kappa shape index (κ3) is 2.66. The fraction of sp³-hybridized carbons (Fsp3) is 0.318. The van der Waals surface area contributed by atoms with Gasteiger partial charge < -0.3 is 5.73 Å². The minimum atomic E-state index is 0.0488. The van der Waals surface area contributed by atoms with Gasteiger partial charge in [-0.1, -0.05) is 58.0 Å². The Labute approximate surface area is 145 Å². The summed E-state index contributed by atoms with van der Waals surface area (Å²) in [5.74, 6) is 0.424. The maximum atomic E-state index is 5.75. The molecular formula is C22H26N2. The Morgan fingerprint density at radius 3 is 2.54 bits per heavy atom. The maximum absolute atomic E-state index is 5.75. The molecule has 0 spiro atoms. The molecule has 0 aromatic heterocycles. The van der Waals surface area contributed by atoms with Crippen molar-refractivity contribution in [3.05, 3.63) is 65.4 Å². The highest BCUT2D eigenvalue weighted by Gasteiger charge is 2.34. The van der Waals surface area contributed by atoms with E-state index in [1.165, 1.54) is 22.3 Å². The van der Waals surface area contributed by atoms with Gasteiger partial charge in [-0.3, -0.25) is 4.99 Å². The van der Waals surface area contributed by atoms with Gasteiger partial charge in [-0.15, -0.1) is 0 Å². The van der Waals surface area contributed by atoms with Crippen molar-refractivity contribution in [2.45, 2.75) is 39.5 Å². The summed E-state index contributed by atoms with van der Waals surface area (Å²) in [6.07, 6.45) is 4.63. The summed E-state index contributed by atoms with van der Waals surface area (Å²) in [5, 5.41) is 0. The topological polar surface area (TPSA) is 38.4 Å². The van der Waals surface area contributed by atoms with Crippen molar-refractivity contribution in [3.8, 4) is 11.1 Å². The van der Waals surface area contributed by atoms with Crippen molar-refractivity contribution < 1.29 is 0 Å². The van der Waals surface area contributed by atoms with E-state index in [4.69, 9.17) is 5.73 Å². The Hall–Kier alpha value is -2.35. The van der Waals surface area contributed by atoms with Crippen LogP contribution in [0.4, 0.5) is 5.69 Å². The molecule has 0 heterocycles. The number of hydrogen-bond acceptors (Lipinski definition) is 2. The second-order valence-corrected chi connectivity index (χ2v) is 7.13. The van der Waals surface area contributed by atoms with Crippen LogP contribution in [0.5, 0.6) is 0 Å². The summed E-state index contributed by atoms with van der Waals surface area (Å²) in [4.78, 5) is 4.67. The third-order valence-corrected chi connectivity index (χ3v) is 5.30. The summed E-state index contributed by atoms with van der Waals surface area (Å²) < 4.78 is 0. The number of benzene rings is 2. The number of aliphatic imine (C=N–C) groups is 1. The number of rotatable bonds is 4. The number of fused-ring (bicyclic) bond motifs is 3. The van der Waals surface area contributed by atoms with Crippen LogP contribution in [0.2, 0.25) is 0 Å². The molecule has 0 amide bonds. The first-order valence-corrected chi connectivity index (χ1v) is 8.69. The molecule has 1 unspecified atom stereocenters. The molecule has 0 saturated heterocycles. The third-order valence-electron chi connectivity index (χ3n) is 5.30. The second kappa shape index (κ2) is 6.27. The Balaban J connectivity index is 2.00. The van der Waals surface area contributed by atoms with Crippen LogP contribution < -0.4 is 5.73 Å². The number of nitrogens with two attached hydrogens (primary N) is 1. The monoisotopic (exact) mass is 318 g/mol. The van der Waals surface area contributed by atoms with Crippen LogP contribution in [0.1, 0.15) is 45.2 Å². The Bertz CT molecular complexity index is 812. The fourth-order valence-electron chi connectivity index (χ4n) is 3.51. The van der Waals surface area contributed by atoms with Gasteiger partial charge in [0.2, 0.25) is 0 Å². The largest absolute Gasteiger partial charge is 0.404 e. The Morgan fingerprint density at radius 1 is 1.12 bits per heavy atom. The van der Waals surface area contributed by atoms with E-state index < -0.39 is 0 Å². The van der Waals surface area contributed by atoms with Crippen molar-refractivity contribution >= 4 is 11.9 Å². The normalized spacial score (nSPS) is 16.9. The van der Waals surface area contributed by atoms with Crippen LogP contribution in [0.3, 0.4) is 0 Å². The molecule has 2 aromatic rings. The molecule has 2 heteroatoms. The average molecular weight is 318 g/mol. The van der Waals surface area contributed by atoms with E-state index in [9.17, 15) is 0 Å². The molecule has 1 atom stereocenters. The molecule has 3 rings (SSSR count). The molecule has 0 aliphatic heterocycles. The summed E-state index contributed by atoms with van der Waals surface area (Å²) in [7, 11) is 0. The summed E-state index contributed by atoms with van der Waals surface area (Å²) in [6, 6.07) is 15.2. The molecule has 0 fully saturated rings. The first-order valence-electron chi connectivity index (χ1n) is 8.69. The van der Waals surface area contributed by atoms with Crippen LogP contribution in [-0.2, 0) is 5.41 Å². The maximum Gasteiger partial charge on any atom is 0.0636 e. The Morgan fingerprint density at radius 2 is 1.83 bits per heavy atom. The van der Waals surface area contributed by atoms with Gasteiger partial charge in [0.1, 0.15) is 0 Å². The first-order chi connectivity index (χ1) is 11.5. The quantitative estimate of drug-likeness (QED) is 0.734. The summed E-state index contributed by atoms with van der Waals surface area (Å²) in [6.45, 7) is 8.92. The zero-order chi connectivity index (χ0) is 17.3. The van der Waals surface area contributed by atoms with E-state index in [2.05, 4.69) is 75.2 Å². The van der Waals surface area contributed by atoms with Gasteiger partial charge in [0.05, 0.1) is 5.69 Å². The van der Waals surface area contributed by atoms with Crippen molar-refractivity contribution in [3.63, 3.8) is 0 Å². The standard InChI is InChI=1S/C22H26N2/c1-5-15(2)16(13-23)14-24-17-10-11-21-19(12-17)18-8-6-7-9-20(18)22(21,3)4/h6-15H,5,23H2,1-4H3. The van der Waals surface area contributed by atoms with E-state index in [1.54, 1.807) is 6.20 Å². The highest BCUT2D eigenvalue weighted by Crippen LogP contribution is 2.49. The van der Waals surface area contributed by atoms with Crippen LogP contribution in [0.15, 0.2) is 59.2 Å². The zero-order valence-electron chi connectivity index (χ0n) is 15.0. The van der Waals surface area contributed by atoms with Gasteiger partial charge in [-0.2, -0.15) is 0 Å². The summed E-state index contributed by atoms with van der Waals surface area (Å²) in [5.41, 5.74) is 13.2. The molecule has 0 radical (unpaired) electrons. The van der Waals surface area contributed by atoms with Crippen LogP contribution in [0.25, 0.3) is 11.1 Å². The lowest BCUT2D eigenvalue weighted by Crippen LogP contribution is -2.14. The lowest BCUT2D eigenvalue weighted by Gasteiger charge is -2.21.